The molecule has 0 radical (unpaired) electrons. The minimum absolute atomic E-state index is 0.0335. The van der Waals surface area contributed by atoms with Crippen molar-refractivity contribution in [2.45, 2.75) is 84.8 Å². The number of aryl methyl sites for hydroxylation is 1. The van der Waals surface area contributed by atoms with Crippen LogP contribution in [-0.4, -0.2) is 87.1 Å². The van der Waals surface area contributed by atoms with E-state index in [4.69, 9.17) is 14.6 Å². The second-order valence-corrected chi connectivity index (χ2v) is 18.4. The molecule has 4 heterocycles. The van der Waals surface area contributed by atoms with Crippen LogP contribution in [0.25, 0.3) is 21.3 Å². The first-order valence-electron chi connectivity index (χ1n) is 19.6. The fourth-order valence-electron chi connectivity index (χ4n) is 11.1. The fraction of sp³-hybridized carbons (Fsp3) is 0.524. The van der Waals surface area contributed by atoms with E-state index in [9.17, 15) is 9.90 Å². The van der Waals surface area contributed by atoms with Crippen molar-refractivity contribution in [3.8, 4) is 11.1 Å². The van der Waals surface area contributed by atoms with Crippen LogP contribution >= 0.6 is 11.3 Å². The Morgan fingerprint density at radius 3 is 2.46 bits per heavy atom. The summed E-state index contributed by atoms with van der Waals surface area (Å²) in [5, 5.41) is 31.8. The SMILES string of the molecule is COCCCNCCOC12CC3(Cn4ncc(-c5ccc(N(C)c6cc(C)c(Nc7nc8ccccc8s7)nn6)nc5C(=O)O)c4C)C[C@@](C)(C1)C[C@](C)(C3)C2. The first kappa shape index (κ1) is 38.4. The number of methoxy groups -OCH3 is 1. The van der Waals surface area contributed by atoms with Gasteiger partial charge in [-0.25, -0.2) is 14.8 Å². The van der Waals surface area contributed by atoms with Crippen molar-refractivity contribution in [2.24, 2.45) is 16.2 Å². The van der Waals surface area contributed by atoms with Crippen LogP contribution in [0, 0.1) is 30.1 Å². The fourth-order valence-corrected chi connectivity index (χ4v) is 11.9. The minimum Gasteiger partial charge on any atom is -0.476 e. The van der Waals surface area contributed by atoms with Crippen LogP contribution in [-0.2, 0) is 16.0 Å². The van der Waals surface area contributed by atoms with E-state index in [0.717, 1.165) is 96.9 Å². The number of anilines is 4. The van der Waals surface area contributed by atoms with Gasteiger partial charge in [-0.1, -0.05) is 37.3 Å². The topological polar surface area (TPSA) is 152 Å². The number of aromatic carboxylic acids is 1. The summed E-state index contributed by atoms with van der Waals surface area (Å²) in [6, 6.07) is 13.5. The highest BCUT2D eigenvalue weighted by molar-refractivity contribution is 7.22. The van der Waals surface area contributed by atoms with Crippen molar-refractivity contribution in [3.63, 3.8) is 0 Å². The van der Waals surface area contributed by atoms with Crippen molar-refractivity contribution in [1.29, 1.82) is 0 Å². The number of hydrogen-bond acceptors (Lipinski definition) is 12. The van der Waals surface area contributed by atoms with Gasteiger partial charge in [0.05, 0.1) is 28.6 Å². The molecule has 4 saturated carbocycles. The molecule has 2 unspecified atom stereocenters. The molecule has 13 nitrogen and oxygen atoms in total. The van der Waals surface area contributed by atoms with E-state index in [1.54, 1.807) is 29.5 Å². The number of nitrogens with zero attached hydrogens (tertiary/aromatic N) is 7. The average Bonchev–Trinajstić information content (AvgIpc) is 3.71. The molecule has 0 amide bonds. The van der Waals surface area contributed by atoms with Gasteiger partial charge in [-0.15, -0.1) is 10.2 Å². The van der Waals surface area contributed by atoms with Gasteiger partial charge in [0.2, 0.25) is 0 Å². The second kappa shape index (κ2) is 14.8. The van der Waals surface area contributed by atoms with E-state index >= 15 is 0 Å². The molecule has 14 heteroatoms. The predicted molar refractivity (Wildman–Crippen MR) is 219 cm³/mol. The molecule has 296 valence electrons. The molecule has 4 atom stereocenters. The lowest BCUT2D eigenvalue weighted by molar-refractivity contribution is -0.247. The van der Waals surface area contributed by atoms with Gasteiger partial charge in [0.25, 0.3) is 0 Å². The number of hydrogen-bond donors (Lipinski definition) is 3. The van der Waals surface area contributed by atoms with Crippen molar-refractivity contribution in [2.75, 3.05) is 50.7 Å². The van der Waals surface area contributed by atoms with Crippen molar-refractivity contribution in [1.82, 2.24) is 35.3 Å². The molecular weight excluding hydrogens is 727 g/mol. The van der Waals surface area contributed by atoms with E-state index in [2.05, 4.69) is 49.3 Å². The van der Waals surface area contributed by atoms with Gasteiger partial charge in [0, 0.05) is 50.7 Å². The zero-order valence-electron chi connectivity index (χ0n) is 33.3. The summed E-state index contributed by atoms with van der Waals surface area (Å²) >= 11 is 1.55. The third-order valence-electron chi connectivity index (χ3n) is 12.2. The first-order valence-corrected chi connectivity index (χ1v) is 20.4. The summed E-state index contributed by atoms with van der Waals surface area (Å²) < 4.78 is 15.3. The Bertz CT molecular complexity index is 2200. The summed E-state index contributed by atoms with van der Waals surface area (Å²) in [6.07, 6.45) is 9.56. The smallest absolute Gasteiger partial charge is 0.355 e. The molecule has 4 aliphatic rings. The molecule has 9 rings (SSSR count). The largest absolute Gasteiger partial charge is 0.476 e. The number of aromatic nitrogens is 6. The number of pyridine rings is 1. The standard InChI is InChI=1S/C42H53N9O4S/c1-27-18-34(48-49-36(27)47-38-45-31-10-7-8-11-32(31)56-38)50(5)33-13-12-29(35(46-33)37(52)53)30-19-44-51(28(30)2)26-41-21-39(3)20-40(4,22-41)24-42(23-39,25-41)55-17-15-43-14-9-16-54-6/h7-8,10-13,18-19,43H,9,14-17,20-26H2,1-6H3,(H,52,53)(H,45,47,49)/t39-,40+,41?,42?. The van der Waals surface area contributed by atoms with Crippen LogP contribution in [0.4, 0.5) is 22.6 Å². The predicted octanol–water partition coefficient (Wildman–Crippen LogP) is 7.93. The number of rotatable bonds is 16. The molecule has 0 spiro atoms. The van der Waals surface area contributed by atoms with Gasteiger partial charge in [0.15, 0.2) is 22.5 Å². The molecule has 0 aliphatic heterocycles. The number of carboxylic acids is 1. The Kier molecular flexibility index (Phi) is 10.1. The summed E-state index contributed by atoms with van der Waals surface area (Å²) in [6.45, 7) is 12.9. The van der Waals surface area contributed by atoms with Gasteiger partial charge in [-0.3, -0.25) is 4.68 Å². The Morgan fingerprint density at radius 2 is 1.73 bits per heavy atom. The van der Waals surface area contributed by atoms with E-state index < -0.39 is 5.97 Å². The molecule has 4 aliphatic carbocycles. The van der Waals surface area contributed by atoms with Crippen molar-refractivity contribution < 1.29 is 19.4 Å². The molecule has 1 aromatic carbocycles. The van der Waals surface area contributed by atoms with Gasteiger partial charge in [-0.2, -0.15) is 5.10 Å². The number of fused-ring (bicyclic) bond motifs is 1. The van der Waals surface area contributed by atoms with E-state index in [-0.39, 0.29) is 27.5 Å². The minimum atomic E-state index is -1.10. The maximum absolute atomic E-state index is 12.8. The number of thiazole rings is 1. The Morgan fingerprint density at radius 1 is 0.946 bits per heavy atom. The van der Waals surface area contributed by atoms with Gasteiger partial charge in [-0.05, 0) is 117 Å². The summed E-state index contributed by atoms with van der Waals surface area (Å²) in [5.74, 6) is 0.483. The number of carboxylic acid groups (broad SMARTS) is 1. The summed E-state index contributed by atoms with van der Waals surface area (Å²) in [5.41, 5.74) is 4.37. The Labute approximate surface area is 332 Å². The van der Waals surface area contributed by atoms with Gasteiger partial charge < -0.3 is 30.1 Å². The third kappa shape index (κ3) is 7.51. The Hall–Kier alpha value is -4.50. The van der Waals surface area contributed by atoms with E-state index in [1.165, 1.54) is 6.42 Å². The highest BCUT2D eigenvalue weighted by Crippen LogP contribution is 2.72. The highest BCUT2D eigenvalue weighted by atomic mass is 32.1. The number of nitrogens with one attached hydrogen (secondary N) is 2. The maximum atomic E-state index is 12.8. The average molecular weight is 780 g/mol. The van der Waals surface area contributed by atoms with Crippen molar-refractivity contribution in [3.05, 3.63) is 65.6 Å². The zero-order valence-corrected chi connectivity index (χ0v) is 34.1. The zero-order chi connectivity index (χ0) is 39.3. The number of ether oxygens (including phenoxy) is 2. The molecule has 3 N–H and O–H groups in total. The third-order valence-corrected chi connectivity index (χ3v) is 13.1. The normalized spacial score (nSPS) is 25.2. The quantitative estimate of drug-likeness (QED) is 0.0834. The van der Waals surface area contributed by atoms with Gasteiger partial charge >= 0.3 is 5.97 Å². The highest BCUT2D eigenvalue weighted by Gasteiger charge is 2.66. The van der Waals surface area contributed by atoms with Crippen molar-refractivity contribution >= 4 is 50.1 Å². The van der Waals surface area contributed by atoms with Crippen LogP contribution in [0.3, 0.4) is 0 Å². The number of para-hydroxylation sites is 1. The molecule has 5 aromatic rings. The monoisotopic (exact) mass is 779 g/mol. The molecule has 0 saturated heterocycles. The van der Waals surface area contributed by atoms with Crippen LogP contribution in [0.5, 0.6) is 0 Å². The van der Waals surface area contributed by atoms with Crippen LogP contribution in [0.1, 0.15) is 80.5 Å². The molecule has 56 heavy (non-hydrogen) atoms. The number of benzene rings is 1. The van der Waals surface area contributed by atoms with E-state index in [0.29, 0.717) is 29.6 Å². The number of carbonyl (C=O) groups is 1. The molecular formula is C42H53N9O4S. The molecule has 4 fully saturated rings. The Balaban J connectivity index is 0.992. The summed E-state index contributed by atoms with van der Waals surface area (Å²) in [4.78, 5) is 23.8. The van der Waals surface area contributed by atoms with Crippen LogP contribution in [0.2, 0.25) is 0 Å². The lowest BCUT2D eigenvalue weighted by Crippen LogP contribution is -2.64. The lowest BCUT2D eigenvalue weighted by Gasteiger charge is -2.69. The van der Waals surface area contributed by atoms with E-state index in [1.807, 2.05) is 63.4 Å². The van der Waals surface area contributed by atoms with Crippen LogP contribution < -0.4 is 15.5 Å². The van der Waals surface area contributed by atoms with Gasteiger partial charge in [0.1, 0.15) is 5.82 Å². The van der Waals surface area contributed by atoms with Crippen LogP contribution in [0.15, 0.2) is 48.7 Å². The lowest BCUT2D eigenvalue weighted by atomic mass is 9.39. The second-order valence-electron chi connectivity index (χ2n) is 17.4. The summed E-state index contributed by atoms with van der Waals surface area (Å²) in [7, 11) is 3.55. The first-order chi connectivity index (χ1) is 26.8. The molecule has 4 bridgehead atoms. The molecule has 4 aromatic heterocycles. The maximum Gasteiger partial charge on any atom is 0.355 e.